The van der Waals surface area contributed by atoms with Crippen LogP contribution in [-0.2, 0) is 16.7 Å². The minimum Gasteiger partial charge on any atom is -0.491 e. The molecule has 0 atom stereocenters. The molecule has 2 N–H and O–H groups in total. The van der Waals surface area contributed by atoms with E-state index in [4.69, 9.17) is 9.47 Å². The lowest BCUT2D eigenvalue weighted by atomic mass is 9.84. The van der Waals surface area contributed by atoms with E-state index in [9.17, 15) is 4.39 Å². The lowest BCUT2D eigenvalue weighted by Crippen LogP contribution is -2.43. The second-order valence-corrected chi connectivity index (χ2v) is 7.16. The van der Waals surface area contributed by atoms with Crippen LogP contribution in [0, 0.1) is 5.82 Å². The van der Waals surface area contributed by atoms with E-state index in [1.165, 1.54) is 6.07 Å². The maximum Gasteiger partial charge on any atom is 0.191 e. The summed E-state index contributed by atoms with van der Waals surface area (Å²) in [6.07, 6.45) is 0. The fraction of sp³-hybridized carbons (Fsp3) is 0.409. The van der Waals surface area contributed by atoms with Crippen molar-refractivity contribution in [3.05, 3.63) is 65.5 Å². The number of nitrogens with zero attached hydrogens (tertiary/aromatic N) is 1. The van der Waals surface area contributed by atoms with E-state index >= 15 is 0 Å². The van der Waals surface area contributed by atoms with Gasteiger partial charge in [0.25, 0.3) is 0 Å². The van der Waals surface area contributed by atoms with Gasteiger partial charge in [-0.05, 0) is 35.4 Å². The molecule has 0 aliphatic rings. The molecule has 6 heteroatoms. The van der Waals surface area contributed by atoms with Crippen LogP contribution in [0.1, 0.15) is 25.0 Å². The largest absolute Gasteiger partial charge is 0.491 e. The Balaban J connectivity index is 1.88. The second-order valence-electron chi connectivity index (χ2n) is 7.16. The molecular formula is C22H30FN3O2. The van der Waals surface area contributed by atoms with Gasteiger partial charge in [0.15, 0.2) is 5.96 Å². The Labute approximate surface area is 167 Å². The summed E-state index contributed by atoms with van der Waals surface area (Å²) in [6, 6.07) is 14.6. The van der Waals surface area contributed by atoms with E-state index in [-0.39, 0.29) is 11.2 Å². The molecule has 2 aromatic rings. The Kier molecular flexibility index (Phi) is 8.26. The summed E-state index contributed by atoms with van der Waals surface area (Å²) in [7, 11) is 3.38. The predicted molar refractivity (Wildman–Crippen MR) is 111 cm³/mol. The van der Waals surface area contributed by atoms with Crippen molar-refractivity contribution >= 4 is 5.96 Å². The molecule has 0 aliphatic heterocycles. The van der Waals surface area contributed by atoms with Crippen molar-refractivity contribution < 1.29 is 13.9 Å². The molecule has 0 saturated carbocycles. The SMILES string of the molecule is CN=C(NCc1cccc(OCCOC)c1)NCC(C)(C)c1cccc(F)c1. The topological polar surface area (TPSA) is 54.9 Å². The second kappa shape index (κ2) is 10.7. The molecule has 0 aliphatic carbocycles. The van der Waals surface area contributed by atoms with Crippen molar-refractivity contribution in [2.24, 2.45) is 4.99 Å². The van der Waals surface area contributed by atoms with Gasteiger partial charge in [-0.2, -0.15) is 0 Å². The number of rotatable bonds is 9. The van der Waals surface area contributed by atoms with Gasteiger partial charge >= 0.3 is 0 Å². The molecule has 0 bridgehead atoms. The Hall–Kier alpha value is -2.60. The molecule has 152 valence electrons. The van der Waals surface area contributed by atoms with E-state index in [1.807, 2.05) is 30.3 Å². The van der Waals surface area contributed by atoms with Crippen molar-refractivity contribution in [2.45, 2.75) is 25.8 Å². The van der Waals surface area contributed by atoms with Crippen molar-refractivity contribution in [1.29, 1.82) is 0 Å². The summed E-state index contributed by atoms with van der Waals surface area (Å²) in [5.41, 5.74) is 1.79. The fourth-order valence-electron chi connectivity index (χ4n) is 2.71. The van der Waals surface area contributed by atoms with Crippen LogP contribution >= 0.6 is 0 Å². The molecular weight excluding hydrogens is 357 g/mol. The minimum absolute atomic E-state index is 0.222. The van der Waals surface area contributed by atoms with Gasteiger partial charge in [-0.1, -0.05) is 38.1 Å². The summed E-state index contributed by atoms with van der Waals surface area (Å²) in [4.78, 5) is 4.27. The third kappa shape index (κ3) is 6.85. The molecule has 2 aromatic carbocycles. The Bertz CT molecular complexity index is 778. The number of aliphatic imine (C=N–C) groups is 1. The first-order chi connectivity index (χ1) is 13.4. The van der Waals surface area contributed by atoms with Crippen LogP contribution in [0.25, 0.3) is 0 Å². The highest BCUT2D eigenvalue weighted by molar-refractivity contribution is 5.79. The highest BCUT2D eigenvalue weighted by Gasteiger charge is 2.21. The van der Waals surface area contributed by atoms with Crippen molar-refractivity contribution in [2.75, 3.05) is 33.9 Å². The Morgan fingerprint density at radius 3 is 2.57 bits per heavy atom. The van der Waals surface area contributed by atoms with Gasteiger partial charge in [0, 0.05) is 32.7 Å². The number of guanidine groups is 1. The normalized spacial score (nSPS) is 12.0. The van der Waals surface area contributed by atoms with Crippen LogP contribution in [0.15, 0.2) is 53.5 Å². The summed E-state index contributed by atoms with van der Waals surface area (Å²) >= 11 is 0. The standard InChI is InChI=1S/C22H30FN3O2/c1-22(2,18-8-6-9-19(23)14-18)16-26-21(24-3)25-15-17-7-5-10-20(13-17)28-12-11-27-4/h5-10,13-14H,11-12,15-16H2,1-4H3,(H2,24,25,26). The van der Waals surface area contributed by atoms with Crippen molar-refractivity contribution in [3.63, 3.8) is 0 Å². The maximum absolute atomic E-state index is 13.5. The van der Waals surface area contributed by atoms with Gasteiger partial charge in [-0.25, -0.2) is 4.39 Å². The van der Waals surface area contributed by atoms with Crippen LogP contribution < -0.4 is 15.4 Å². The third-order valence-electron chi connectivity index (χ3n) is 4.44. The smallest absolute Gasteiger partial charge is 0.191 e. The lowest BCUT2D eigenvalue weighted by Gasteiger charge is -2.27. The average molecular weight is 387 g/mol. The molecule has 0 fully saturated rings. The number of benzene rings is 2. The maximum atomic E-state index is 13.5. The number of methoxy groups -OCH3 is 1. The first-order valence-corrected chi connectivity index (χ1v) is 9.36. The Morgan fingerprint density at radius 2 is 1.86 bits per heavy atom. The van der Waals surface area contributed by atoms with E-state index in [0.29, 0.717) is 32.3 Å². The summed E-state index contributed by atoms with van der Waals surface area (Å²) < 4.78 is 24.2. The van der Waals surface area contributed by atoms with Crippen LogP contribution in [0.2, 0.25) is 0 Å². The molecule has 0 heterocycles. The minimum atomic E-state index is -0.241. The quantitative estimate of drug-likeness (QED) is 0.393. The van der Waals surface area contributed by atoms with Gasteiger partial charge in [0.1, 0.15) is 18.2 Å². The zero-order valence-corrected chi connectivity index (χ0v) is 17.1. The molecule has 0 unspecified atom stereocenters. The third-order valence-corrected chi connectivity index (χ3v) is 4.44. The molecule has 5 nitrogen and oxygen atoms in total. The number of hydrogen-bond donors (Lipinski definition) is 2. The van der Waals surface area contributed by atoms with E-state index in [1.54, 1.807) is 26.3 Å². The van der Waals surface area contributed by atoms with E-state index < -0.39 is 0 Å². The molecule has 0 saturated heterocycles. The predicted octanol–water partition coefficient (Wildman–Crippen LogP) is 3.49. The fourth-order valence-corrected chi connectivity index (χ4v) is 2.71. The van der Waals surface area contributed by atoms with E-state index in [2.05, 4.69) is 29.5 Å². The highest BCUT2D eigenvalue weighted by Crippen LogP contribution is 2.22. The highest BCUT2D eigenvalue weighted by atomic mass is 19.1. The number of hydrogen-bond acceptors (Lipinski definition) is 3. The van der Waals surface area contributed by atoms with Gasteiger partial charge in [-0.15, -0.1) is 0 Å². The van der Waals surface area contributed by atoms with Crippen molar-refractivity contribution in [3.8, 4) is 5.75 Å². The molecule has 0 amide bonds. The molecule has 2 rings (SSSR count). The van der Waals surface area contributed by atoms with Crippen LogP contribution in [-0.4, -0.2) is 39.9 Å². The number of halogens is 1. The van der Waals surface area contributed by atoms with Crippen molar-refractivity contribution in [1.82, 2.24) is 10.6 Å². The summed E-state index contributed by atoms with van der Waals surface area (Å²) in [5, 5.41) is 6.62. The monoisotopic (exact) mass is 387 g/mol. The zero-order valence-electron chi connectivity index (χ0n) is 17.1. The summed E-state index contributed by atoms with van der Waals surface area (Å²) in [5.74, 6) is 1.28. The number of nitrogens with one attached hydrogen (secondary N) is 2. The van der Waals surface area contributed by atoms with Gasteiger partial charge in [0.2, 0.25) is 0 Å². The van der Waals surface area contributed by atoms with Gasteiger partial charge in [-0.3, -0.25) is 4.99 Å². The molecule has 28 heavy (non-hydrogen) atoms. The lowest BCUT2D eigenvalue weighted by molar-refractivity contribution is 0.146. The van der Waals surface area contributed by atoms with Crippen LogP contribution in [0.5, 0.6) is 5.75 Å². The summed E-state index contributed by atoms with van der Waals surface area (Å²) in [6.45, 7) is 6.45. The van der Waals surface area contributed by atoms with E-state index in [0.717, 1.165) is 16.9 Å². The molecule has 0 spiro atoms. The Morgan fingerprint density at radius 1 is 1.07 bits per heavy atom. The van der Waals surface area contributed by atoms with Crippen LogP contribution in [0.4, 0.5) is 4.39 Å². The van der Waals surface area contributed by atoms with Crippen LogP contribution in [0.3, 0.4) is 0 Å². The molecule has 0 radical (unpaired) electrons. The first-order valence-electron chi connectivity index (χ1n) is 9.36. The molecule has 0 aromatic heterocycles. The zero-order chi connectivity index (χ0) is 20.4. The first kappa shape index (κ1) is 21.7. The van der Waals surface area contributed by atoms with Gasteiger partial charge in [0.05, 0.1) is 6.61 Å². The number of ether oxygens (including phenoxy) is 2. The van der Waals surface area contributed by atoms with Gasteiger partial charge < -0.3 is 20.1 Å². The average Bonchev–Trinajstić information content (AvgIpc) is 2.69.